The molecule has 0 N–H and O–H groups in total. The summed E-state index contributed by atoms with van der Waals surface area (Å²) in [5.41, 5.74) is -0.980. The van der Waals surface area contributed by atoms with Crippen molar-refractivity contribution in [3.8, 4) is 0 Å². The lowest BCUT2D eigenvalue weighted by molar-refractivity contribution is -0.0725. The summed E-state index contributed by atoms with van der Waals surface area (Å²) in [6, 6.07) is 0. The Bertz CT molecular complexity index is 365. The van der Waals surface area contributed by atoms with Gasteiger partial charge in [-0.15, -0.1) is 0 Å². The third-order valence-electron chi connectivity index (χ3n) is 3.44. The van der Waals surface area contributed by atoms with Gasteiger partial charge >= 0.3 is 18.5 Å². The molecule has 0 unspecified atom stereocenters. The van der Waals surface area contributed by atoms with Crippen LogP contribution < -0.4 is 0 Å². The van der Waals surface area contributed by atoms with Crippen molar-refractivity contribution < 1.29 is 42.8 Å². The third kappa shape index (κ3) is 9.02. The average molecular weight is 364 g/mol. The number of carbonyl (C=O) groups is 3. The molecule has 0 aliphatic rings. The van der Waals surface area contributed by atoms with Gasteiger partial charge in [-0.1, -0.05) is 13.8 Å². The highest BCUT2D eigenvalue weighted by molar-refractivity contribution is 5.61. The Morgan fingerprint density at radius 2 is 0.920 bits per heavy atom. The van der Waals surface area contributed by atoms with E-state index >= 15 is 0 Å². The predicted molar refractivity (Wildman–Crippen MR) is 86.2 cm³/mol. The summed E-state index contributed by atoms with van der Waals surface area (Å²) in [4.78, 5) is 34.5. The van der Waals surface area contributed by atoms with Crippen LogP contribution in [0.2, 0.25) is 0 Å². The highest BCUT2D eigenvalue weighted by atomic mass is 16.7. The summed E-state index contributed by atoms with van der Waals surface area (Å²) in [6.07, 6.45) is -2.58. The summed E-state index contributed by atoms with van der Waals surface area (Å²) in [5.74, 6) is -0.175. The van der Waals surface area contributed by atoms with Crippen LogP contribution in [0, 0.1) is 11.3 Å². The molecule has 0 atom stereocenters. The molecule has 0 saturated heterocycles. The molecule has 0 rings (SSSR count). The zero-order valence-corrected chi connectivity index (χ0v) is 15.5. The van der Waals surface area contributed by atoms with Gasteiger partial charge in [-0.05, 0) is 26.7 Å². The molecule has 0 aromatic heterocycles. The van der Waals surface area contributed by atoms with E-state index in [1.165, 1.54) is 0 Å². The molecular formula is C16H28O9. The first-order valence-corrected chi connectivity index (χ1v) is 8.19. The van der Waals surface area contributed by atoms with Gasteiger partial charge in [0.1, 0.15) is 19.8 Å². The third-order valence-corrected chi connectivity index (χ3v) is 3.44. The van der Waals surface area contributed by atoms with Crippen LogP contribution in [0.15, 0.2) is 0 Å². The van der Waals surface area contributed by atoms with Crippen molar-refractivity contribution in [1.29, 1.82) is 0 Å². The minimum atomic E-state index is -0.980. The van der Waals surface area contributed by atoms with E-state index in [-0.39, 0.29) is 45.6 Å². The molecule has 9 nitrogen and oxygen atoms in total. The largest absolute Gasteiger partial charge is 0.508 e. The van der Waals surface area contributed by atoms with Gasteiger partial charge in [0.05, 0.1) is 25.2 Å². The van der Waals surface area contributed by atoms with Gasteiger partial charge in [-0.3, -0.25) is 0 Å². The fourth-order valence-corrected chi connectivity index (χ4v) is 1.71. The summed E-state index contributed by atoms with van der Waals surface area (Å²) in [6.45, 7) is 8.51. The summed E-state index contributed by atoms with van der Waals surface area (Å²) in [7, 11) is 0. The Morgan fingerprint density at radius 3 is 1.12 bits per heavy atom. The van der Waals surface area contributed by atoms with E-state index in [4.69, 9.17) is 28.4 Å². The van der Waals surface area contributed by atoms with Crippen LogP contribution in [-0.4, -0.2) is 58.1 Å². The number of carbonyl (C=O) groups excluding carboxylic acids is 3. The van der Waals surface area contributed by atoms with Gasteiger partial charge in [-0.25, -0.2) is 14.4 Å². The Kier molecular flexibility index (Phi) is 11.1. The fourth-order valence-electron chi connectivity index (χ4n) is 1.71. The van der Waals surface area contributed by atoms with Crippen molar-refractivity contribution in [2.45, 2.75) is 34.6 Å². The van der Waals surface area contributed by atoms with Crippen molar-refractivity contribution in [1.82, 2.24) is 0 Å². The quantitative estimate of drug-likeness (QED) is 0.427. The summed E-state index contributed by atoms with van der Waals surface area (Å²) in [5, 5.41) is 0. The van der Waals surface area contributed by atoms with Gasteiger partial charge in [-0.2, -0.15) is 0 Å². The van der Waals surface area contributed by atoms with E-state index < -0.39 is 23.9 Å². The molecule has 0 aliphatic heterocycles. The predicted octanol–water partition coefficient (Wildman–Crippen LogP) is 3.15. The van der Waals surface area contributed by atoms with Crippen LogP contribution in [0.3, 0.4) is 0 Å². The molecule has 0 spiro atoms. The maximum absolute atomic E-state index is 11.5. The molecule has 0 aromatic carbocycles. The number of hydrogen-bond donors (Lipinski definition) is 0. The number of hydrogen-bond acceptors (Lipinski definition) is 9. The minimum Gasteiger partial charge on any atom is -0.435 e. The Labute approximate surface area is 147 Å². The van der Waals surface area contributed by atoms with Gasteiger partial charge < -0.3 is 28.4 Å². The molecule has 0 heterocycles. The topological polar surface area (TPSA) is 107 Å². The van der Waals surface area contributed by atoms with Crippen LogP contribution in [0.1, 0.15) is 34.6 Å². The highest BCUT2D eigenvalue weighted by Gasteiger charge is 2.39. The molecule has 25 heavy (non-hydrogen) atoms. The minimum absolute atomic E-state index is 0.159. The Balaban J connectivity index is 5.06. The van der Waals surface area contributed by atoms with Crippen molar-refractivity contribution in [3.63, 3.8) is 0 Å². The molecule has 0 amide bonds. The van der Waals surface area contributed by atoms with Crippen molar-refractivity contribution in [2.75, 3.05) is 39.6 Å². The van der Waals surface area contributed by atoms with Crippen LogP contribution in [-0.2, 0) is 28.4 Å². The van der Waals surface area contributed by atoms with E-state index in [9.17, 15) is 14.4 Å². The van der Waals surface area contributed by atoms with Crippen LogP contribution in [0.4, 0.5) is 14.4 Å². The maximum atomic E-state index is 11.5. The second-order valence-corrected chi connectivity index (χ2v) is 5.43. The molecule has 0 fully saturated rings. The smallest absolute Gasteiger partial charge is 0.435 e. The molecule has 0 bridgehead atoms. The van der Waals surface area contributed by atoms with Crippen molar-refractivity contribution in [2.24, 2.45) is 11.3 Å². The maximum Gasteiger partial charge on any atom is 0.508 e. The first-order chi connectivity index (χ1) is 11.8. The normalized spacial score (nSPS) is 10.8. The first kappa shape index (κ1) is 22.8. The molecule has 9 heteroatoms. The summed E-state index contributed by atoms with van der Waals surface area (Å²) >= 11 is 0. The fraction of sp³-hybridized carbons (Fsp3) is 0.812. The lowest BCUT2D eigenvalue weighted by atomic mass is 9.79. The lowest BCUT2D eigenvalue weighted by Crippen LogP contribution is -2.44. The van der Waals surface area contributed by atoms with E-state index in [0.29, 0.717) is 0 Å². The van der Waals surface area contributed by atoms with E-state index in [1.54, 1.807) is 20.8 Å². The van der Waals surface area contributed by atoms with Gasteiger partial charge in [0, 0.05) is 0 Å². The Morgan fingerprint density at radius 1 is 0.640 bits per heavy atom. The van der Waals surface area contributed by atoms with Gasteiger partial charge in [0.2, 0.25) is 0 Å². The SMILES string of the molecule is CCOC(=O)OCC(COC(=O)OCC)(COC(=O)OCC)C(C)C. The lowest BCUT2D eigenvalue weighted by Gasteiger charge is -2.35. The summed E-state index contributed by atoms with van der Waals surface area (Å²) < 4.78 is 29.4. The molecular weight excluding hydrogens is 336 g/mol. The molecule has 0 aliphatic carbocycles. The molecule has 0 radical (unpaired) electrons. The van der Waals surface area contributed by atoms with Crippen molar-refractivity contribution in [3.05, 3.63) is 0 Å². The molecule has 0 aromatic rings. The van der Waals surface area contributed by atoms with Crippen LogP contribution >= 0.6 is 0 Å². The first-order valence-electron chi connectivity index (χ1n) is 8.19. The number of rotatable bonds is 10. The van der Waals surface area contributed by atoms with E-state index in [2.05, 4.69) is 0 Å². The molecule has 0 saturated carbocycles. The standard InChI is InChI=1S/C16H28O9/c1-6-20-13(17)23-9-16(12(4)5,10-24-14(18)21-7-2)11-25-15(19)22-8-3/h12H,6-11H2,1-5H3. The highest BCUT2D eigenvalue weighted by Crippen LogP contribution is 2.30. The molecule has 146 valence electrons. The average Bonchev–Trinajstić information content (AvgIpc) is 2.55. The zero-order valence-electron chi connectivity index (χ0n) is 15.5. The Hall–Kier alpha value is -2.19. The van der Waals surface area contributed by atoms with E-state index in [1.807, 2.05) is 13.8 Å². The van der Waals surface area contributed by atoms with E-state index in [0.717, 1.165) is 0 Å². The monoisotopic (exact) mass is 364 g/mol. The second kappa shape index (κ2) is 12.2. The van der Waals surface area contributed by atoms with Crippen LogP contribution in [0.25, 0.3) is 0 Å². The van der Waals surface area contributed by atoms with Gasteiger partial charge in [0.15, 0.2) is 0 Å². The number of ether oxygens (including phenoxy) is 6. The second-order valence-electron chi connectivity index (χ2n) is 5.43. The van der Waals surface area contributed by atoms with Crippen molar-refractivity contribution >= 4 is 18.5 Å². The zero-order chi connectivity index (χ0) is 19.3. The van der Waals surface area contributed by atoms with Gasteiger partial charge in [0.25, 0.3) is 0 Å². The van der Waals surface area contributed by atoms with Crippen LogP contribution in [0.5, 0.6) is 0 Å².